The zero-order valence-corrected chi connectivity index (χ0v) is 7.65. The van der Waals surface area contributed by atoms with E-state index in [1.807, 2.05) is 17.8 Å². The molecule has 0 saturated carbocycles. The smallest absolute Gasteiger partial charge is 0.129 e. The van der Waals surface area contributed by atoms with Gasteiger partial charge in [0.15, 0.2) is 0 Å². The normalized spacial score (nSPS) is 32.5. The van der Waals surface area contributed by atoms with Gasteiger partial charge >= 0.3 is 0 Å². The second-order valence-corrected chi connectivity index (χ2v) is 5.04. The van der Waals surface area contributed by atoms with Crippen LogP contribution in [0.5, 0.6) is 0 Å². The Hall–Kier alpha value is -0.370. The molecule has 2 heterocycles. The van der Waals surface area contributed by atoms with Crippen molar-refractivity contribution in [1.82, 2.24) is 0 Å². The van der Waals surface area contributed by atoms with Gasteiger partial charge in [-0.3, -0.25) is 0 Å². The van der Waals surface area contributed by atoms with E-state index in [2.05, 4.69) is 19.9 Å². The lowest BCUT2D eigenvalue weighted by molar-refractivity contribution is 0.192. The Bertz CT molecular complexity index is 228. The average Bonchev–Trinajstić information content (AvgIpc) is 2.29. The van der Waals surface area contributed by atoms with E-state index in [0.29, 0.717) is 6.10 Å². The van der Waals surface area contributed by atoms with Gasteiger partial charge < -0.3 is 4.74 Å². The van der Waals surface area contributed by atoms with Gasteiger partial charge in [0.2, 0.25) is 0 Å². The fourth-order valence-corrected chi connectivity index (χ4v) is 2.74. The van der Waals surface area contributed by atoms with E-state index in [-0.39, 0.29) is 4.75 Å². The molecule has 0 aromatic carbocycles. The number of thioether (sulfide) groups is 1. The minimum Gasteiger partial charge on any atom is -0.493 e. The van der Waals surface area contributed by atoms with Crippen LogP contribution in [-0.4, -0.2) is 16.6 Å². The summed E-state index contributed by atoms with van der Waals surface area (Å²) in [6.07, 6.45) is 6.31. The highest BCUT2D eigenvalue weighted by atomic mass is 32.2. The molecule has 1 nitrogen and oxygen atoms in total. The van der Waals surface area contributed by atoms with Gasteiger partial charge in [0.1, 0.15) is 6.10 Å². The zero-order chi connectivity index (χ0) is 7.90. The summed E-state index contributed by atoms with van der Waals surface area (Å²) in [5.41, 5.74) is 1.44. The maximum absolute atomic E-state index is 5.47. The van der Waals surface area contributed by atoms with Gasteiger partial charge in [0.05, 0.1) is 6.26 Å². The minimum absolute atomic E-state index is 0.287. The quantitative estimate of drug-likeness (QED) is 0.549. The van der Waals surface area contributed by atoms with Crippen LogP contribution in [0, 0.1) is 0 Å². The van der Waals surface area contributed by atoms with Crippen LogP contribution in [0.1, 0.15) is 13.8 Å². The van der Waals surface area contributed by atoms with E-state index < -0.39 is 0 Å². The molecule has 0 radical (unpaired) electrons. The fraction of sp³-hybridized carbons (Fsp3) is 0.556. The highest BCUT2D eigenvalue weighted by Gasteiger charge is 2.38. The third kappa shape index (κ3) is 1.09. The van der Waals surface area contributed by atoms with Crippen molar-refractivity contribution in [3.63, 3.8) is 0 Å². The summed E-state index contributed by atoms with van der Waals surface area (Å²) >= 11 is 1.97. The van der Waals surface area contributed by atoms with Crippen LogP contribution in [0.3, 0.4) is 0 Å². The van der Waals surface area contributed by atoms with Gasteiger partial charge in [-0.2, -0.15) is 0 Å². The molecular weight excluding hydrogens is 156 g/mol. The van der Waals surface area contributed by atoms with Crippen molar-refractivity contribution in [2.75, 3.05) is 5.75 Å². The second-order valence-electron chi connectivity index (χ2n) is 3.40. The van der Waals surface area contributed by atoms with Crippen molar-refractivity contribution >= 4 is 11.8 Å². The molecule has 0 bridgehead atoms. The zero-order valence-electron chi connectivity index (χ0n) is 6.83. The standard InChI is InChI=1S/C9H12OS/c1-9(2)7-4-3-5-10-8(7)6-11-9/h3-5,8H,6H2,1-2H3. The predicted octanol–water partition coefficient (Wildman–Crippen LogP) is 2.35. The summed E-state index contributed by atoms with van der Waals surface area (Å²) in [5, 5.41) is 0. The minimum atomic E-state index is 0.287. The van der Waals surface area contributed by atoms with E-state index in [9.17, 15) is 0 Å². The molecule has 0 spiro atoms. The van der Waals surface area contributed by atoms with Gasteiger partial charge in [-0.25, -0.2) is 0 Å². The molecule has 0 aromatic rings. The Morgan fingerprint density at radius 2 is 2.45 bits per heavy atom. The van der Waals surface area contributed by atoms with E-state index in [0.717, 1.165) is 5.75 Å². The van der Waals surface area contributed by atoms with Crippen LogP contribution in [0.2, 0.25) is 0 Å². The number of rotatable bonds is 0. The molecule has 1 unspecified atom stereocenters. The first-order valence-corrected chi connectivity index (χ1v) is 4.85. The molecular formula is C9H12OS. The summed E-state index contributed by atoms with van der Waals surface area (Å²) in [4.78, 5) is 0. The lowest BCUT2D eigenvalue weighted by Gasteiger charge is -2.22. The molecule has 2 rings (SSSR count). The Labute approximate surface area is 71.5 Å². The summed E-state index contributed by atoms with van der Waals surface area (Å²) in [5.74, 6) is 1.10. The Kier molecular flexibility index (Phi) is 1.53. The maximum Gasteiger partial charge on any atom is 0.129 e. The van der Waals surface area contributed by atoms with Crippen molar-refractivity contribution in [3.8, 4) is 0 Å². The molecule has 2 aliphatic heterocycles. The van der Waals surface area contributed by atoms with Crippen molar-refractivity contribution in [2.45, 2.75) is 24.7 Å². The third-order valence-electron chi connectivity index (χ3n) is 2.23. The van der Waals surface area contributed by atoms with E-state index in [4.69, 9.17) is 4.74 Å². The van der Waals surface area contributed by atoms with E-state index in [1.165, 1.54) is 5.57 Å². The number of hydrogen-bond acceptors (Lipinski definition) is 2. The highest BCUT2D eigenvalue weighted by molar-refractivity contribution is 8.01. The van der Waals surface area contributed by atoms with Crippen molar-refractivity contribution in [2.24, 2.45) is 0 Å². The fourth-order valence-electron chi connectivity index (χ4n) is 1.55. The molecule has 1 saturated heterocycles. The first-order valence-electron chi connectivity index (χ1n) is 3.87. The summed E-state index contributed by atoms with van der Waals surface area (Å²) in [6, 6.07) is 0. The molecule has 60 valence electrons. The Morgan fingerprint density at radius 3 is 3.18 bits per heavy atom. The van der Waals surface area contributed by atoms with Gasteiger partial charge in [-0.05, 0) is 25.5 Å². The van der Waals surface area contributed by atoms with E-state index in [1.54, 1.807) is 6.26 Å². The summed E-state index contributed by atoms with van der Waals surface area (Å²) in [6.45, 7) is 4.51. The van der Waals surface area contributed by atoms with Gasteiger partial charge in [-0.1, -0.05) is 6.08 Å². The van der Waals surface area contributed by atoms with Gasteiger partial charge in [-0.15, -0.1) is 11.8 Å². The SMILES string of the molecule is CC1(C)SCC2OC=CC=C21. The molecule has 0 aliphatic carbocycles. The average molecular weight is 168 g/mol. The van der Waals surface area contributed by atoms with Crippen LogP contribution in [0.15, 0.2) is 24.0 Å². The van der Waals surface area contributed by atoms with Crippen LogP contribution < -0.4 is 0 Å². The monoisotopic (exact) mass is 168 g/mol. The third-order valence-corrected chi connectivity index (χ3v) is 3.66. The van der Waals surface area contributed by atoms with Gasteiger partial charge in [0.25, 0.3) is 0 Å². The number of fused-ring (bicyclic) bond motifs is 1. The molecule has 1 fully saturated rings. The molecule has 0 aromatic heterocycles. The largest absolute Gasteiger partial charge is 0.493 e. The highest BCUT2D eigenvalue weighted by Crippen LogP contribution is 2.44. The van der Waals surface area contributed by atoms with Crippen molar-refractivity contribution in [3.05, 3.63) is 24.0 Å². The van der Waals surface area contributed by atoms with Crippen LogP contribution in [0.4, 0.5) is 0 Å². The molecule has 2 heteroatoms. The summed E-state index contributed by atoms with van der Waals surface area (Å²) < 4.78 is 5.75. The maximum atomic E-state index is 5.47. The van der Waals surface area contributed by atoms with Crippen LogP contribution in [0.25, 0.3) is 0 Å². The molecule has 0 amide bonds. The topological polar surface area (TPSA) is 9.23 Å². The predicted molar refractivity (Wildman–Crippen MR) is 48.6 cm³/mol. The number of allylic oxidation sites excluding steroid dienone is 2. The molecule has 1 atom stereocenters. The lowest BCUT2D eigenvalue weighted by Crippen LogP contribution is -2.21. The Balaban J connectivity index is 2.33. The van der Waals surface area contributed by atoms with Gasteiger partial charge in [0, 0.05) is 10.5 Å². The number of ether oxygens (including phenoxy) is 1. The lowest BCUT2D eigenvalue weighted by atomic mass is 9.97. The second kappa shape index (κ2) is 2.31. The molecule has 0 N–H and O–H groups in total. The van der Waals surface area contributed by atoms with Crippen LogP contribution in [-0.2, 0) is 4.74 Å². The summed E-state index contributed by atoms with van der Waals surface area (Å²) in [7, 11) is 0. The number of hydrogen-bond donors (Lipinski definition) is 0. The van der Waals surface area contributed by atoms with Crippen LogP contribution >= 0.6 is 11.8 Å². The van der Waals surface area contributed by atoms with Crippen molar-refractivity contribution in [1.29, 1.82) is 0 Å². The molecule has 2 aliphatic rings. The first-order chi connectivity index (χ1) is 5.20. The molecule has 11 heavy (non-hydrogen) atoms. The first kappa shape index (κ1) is 7.29. The van der Waals surface area contributed by atoms with Crippen molar-refractivity contribution < 1.29 is 4.74 Å². The van der Waals surface area contributed by atoms with E-state index >= 15 is 0 Å². The Morgan fingerprint density at radius 1 is 1.64 bits per heavy atom.